The zero-order valence-electron chi connectivity index (χ0n) is 19.1. The average Bonchev–Trinajstić information content (AvgIpc) is 2.70. The molecule has 166 valence electrons. The third-order valence-corrected chi connectivity index (χ3v) is 5.47. The molecule has 2 unspecified atom stereocenters. The normalized spacial score (nSPS) is 16.5. The second kappa shape index (κ2) is 11.2. The van der Waals surface area contributed by atoms with Gasteiger partial charge in [-0.1, -0.05) is 48.0 Å². The molecule has 0 bridgehead atoms. The Morgan fingerprint density at radius 1 is 1.16 bits per heavy atom. The summed E-state index contributed by atoms with van der Waals surface area (Å²) in [4.78, 5) is 26.3. The Bertz CT molecular complexity index is 930. The first kappa shape index (κ1) is 26.3. The van der Waals surface area contributed by atoms with Crippen LogP contribution in [-0.4, -0.2) is 41.2 Å². The number of nitrogens with zero attached hydrogens (tertiary/aromatic N) is 1. The topological polar surface area (TPSA) is 81.7 Å². The number of carboxylic acid groups (broad SMARTS) is 1. The van der Waals surface area contributed by atoms with Gasteiger partial charge in [-0.05, 0) is 62.4 Å². The average molecular weight is 451 g/mol. The third kappa shape index (κ3) is 7.28. The first-order valence-electron chi connectivity index (χ1n) is 10.4. The maximum atomic E-state index is 12.9. The Hall–Kier alpha value is -1.97. The molecule has 8 heteroatoms. The molecule has 0 aromatic heterocycles. The number of carbonyl (C=O) groups is 2. The van der Waals surface area contributed by atoms with Crippen molar-refractivity contribution in [2.24, 2.45) is 0 Å². The summed E-state index contributed by atoms with van der Waals surface area (Å²) in [5.74, 6) is -1.19. The molecular formula is C24H28ClLiN2O4. The number of hydrogen-bond acceptors (Lipinski definition) is 5. The van der Waals surface area contributed by atoms with Crippen molar-refractivity contribution < 1.29 is 38.3 Å². The minimum atomic E-state index is -1.19. The van der Waals surface area contributed by atoms with Crippen LogP contribution in [0.5, 0.6) is 0 Å². The van der Waals surface area contributed by atoms with Gasteiger partial charge in [-0.2, -0.15) is 0 Å². The van der Waals surface area contributed by atoms with Crippen molar-refractivity contribution >= 4 is 23.7 Å². The van der Waals surface area contributed by atoms with Gasteiger partial charge in [0.15, 0.2) is 0 Å². The van der Waals surface area contributed by atoms with E-state index in [-0.39, 0.29) is 31.3 Å². The molecule has 1 heterocycles. The van der Waals surface area contributed by atoms with E-state index >= 15 is 0 Å². The number of benzene rings is 2. The van der Waals surface area contributed by atoms with Crippen LogP contribution in [0.3, 0.4) is 0 Å². The van der Waals surface area contributed by atoms with Crippen molar-refractivity contribution in [1.29, 1.82) is 0 Å². The predicted octanol–water partition coefficient (Wildman–Crippen LogP) is -0.0434. The van der Waals surface area contributed by atoms with Crippen molar-refractivity contribution in [2.45, 2.75) is 57.8 Å². The number of carboxylic acids is 1. The van der Waals surface area contributed by atoms with Crippen LogP contribution in [0.1, 0.15) is 37.5 Å². The molecule has 2 aromatic rings. The zero-order chi connectivity index (χ0) is 22.6. The van der Waals surface area contributed by atoms with Gasteiger partial charge in [0.1, 0.15) is 5.60 Å². The van der Waals surface area contributed by atoms with Crippen molar-refractivity contribution in [3.63, 3.8) is 0 Å². The van der Waals surface area contributed by atoms with E-state index in [0.717, 1.165) is 16.7 Å². The van der Waals surface area contributed by atoms with Crippen LogP contribution in [0.25, 0.3) is 0 Å². The number of hydrogen-bond donors (Lipinski definition) is 1. The minimum Gasteiger partial charge on any atom is -0.548 e. The van der Waals surface area contributed by atoms with E-state index < -0.39 is 23.7 Å². The Labute approximate surface area is 206 Å². The van der Waals surface area contributed by atoms with Crippen LogP contribution in [0.4, 0.5) is 4.79 Å². The van der Waals surface area contributed by atoms with Gasteiger partial charge in [-0.25, -0.2) is 4.79 Å². The van der Waals surface area contributed by atoms with E-state index in [0.29, 0.717) is 24.5 Å². The van der Waals surface area contributed by atoms with Gasteiger partial charge >= 0.3 is 25.0 Å². The molecule has 0 radical (unpaired) electrons. The van der Waals surface area contributed by atoms with E-state index in [1.807, 2.05) is 45.0 Å². The fourth-order valence-electron chi connectivity index (χ4n) is 3.68. The molecule has 2 aromatic carbocycles. The molecule has 1 aliphatic heterocycles. The number of carbonyl (C=O) groups excluding carboxylic acids is 2. The number of rotatable bonds is 6. The van der Waals surface area contributed by atoms with E-state index in [2.05, 4.69) is 5.32 Å². The molecule has 0 aliphatic carbocycles. The van der Waals surface area contributed by atoms with Gasteiger partial charge in [0.2, 0.25) is 0 Å². The molecule has 1 aliphatic rings. The van der Waals surface area contributed by atoms with Gasteiger partial charge in [-0.3, -0.25) is 4.90 Å². The third-order valence-electron chi connectivity index (χ3n) is 5.22. The summed E-state index contributed by atoms with van der Waals surface area (Å²) in [6.45, 7) is 6.21. The first-order chi connectivity index (χ1) is 14.6. The molecular weight excluding hydrogens is 423 g/mol. The number of nitrogens with one attached hydrogen (secondary N) is 1. The van der Waals surface area contributed by atoms with Crippen LogP contribution < -0.4 is 29.3 Å². The summed E-state index contributed by atoms with van der Waals surface area (Å²) in [5.41, 5.74) is 2.44. The van der Waals surface area contributed by atoms with Gasteiger partial charge in [-0.15, -0.1) is 0 Å². The predicted molar refractivity (Wildman–Crippen MR) is 118 cm³/mol. The SMILES string of the molecule is CC(C)(C)OC(=O)N1Cc2ccccc2CC1CNC(Cc1ccc(Cl)cc1)C(=O)[O-].[Li+]. The second-order valence-electron chi connectivity index (χ2n) is 8.85. The summed E-state index contributed by atoms with van der Waals surface area (Å²) in [7, 11) is 0. The fraction of sp³-hybridized carbons (Fsp3) is 0.417. The Balaban J connectivity index is 0.00000363. The molecule has 1 amide bonds. The maximum absolute atomic E-state index is 12.9. The van der Waals surface area contributed by atoms with Crippen LogP contribution in [0, 0.1) is 0 Å². The van der Waals surface area contributed by atoms with Crippen LogP contribution in [0.2, 0.25) is 5.02 Å². The Morgan fingerprint density at radius 2 is 1.78 bits per heavy atom. The zero-order valence-corrected chi connectivity index (χ0v) is 19.8. The molecule has 0 spiro atoms. The fourth-order valence-corrected chi connectivity index (χ4v) is 3.80. The second-order valence-corrected chi connectivity index (χ2v) is 9.28. The summed E-state index contributed by atoms with van der Waals surface area (Å²) < 4.78 is 5.60. The number of aliphatic carboxylic acids is 1. The Kier molecular flexibility index (Phi) is 9.24. The largest absolute Gasteiger partial charge is 1.00 e. The standard InChI is InChI=1S/C24H29ClN2O4.Li/c1-24(2,3)31-23(30)27-15-18-7-5-4-6-17(18)13-20(27)14-26-21(22(28)29)12-16-8-10-19(25)11-9-16;/h4-11,20-21,26H,12-15H2,1-3H3,(H,28,29);/q;+1/p-1. The quantitative estimate of drug-likeness (QED) is 0.624. The van der Waals surface area contributed by atoms with Crippen LogP contribution in [0.15, 0.2) is 48.5 Å². The molecule has 0 fully saturated rings. The summed E-state index contributed by atoms with van der Waals surface area (Å²) in [5, 5.41) is 15.4. The van der Waals surface area contributed by atoms with Gasteiger partial charge in [0, 0.05) is 18.1 Å². The molecule has 1 N–H and O–H groups in total. The number of fused-ring (bicyclic) bond motifs is 1. The number of amides is 1. The van der Waals surface area contributed by atoms with Crippen LogP contribution >= 0.6 is 11.6 Å². The van der Waals surface area contributed by atoms with Gasteiger partial charge < -0.3 is 20.0 Å². The number of halogens is 1. The molecule has 32 heavy (non-hydrogen) atoms. The molecule has 0 saturated carbocycles. The smallest absolute Gasteiger partial charge is 0.548 e. The molecule has 0 saturated heterocycles. The van der Waals surface area contributed by atoms with Gasteiger partial charge in [0.05, 0.1) is 18.1 Å². The Morgan fingerprint density at radius 3 is 2.38 bits per heavy atom. The van der Waals surface area contributed by atoms with Gasteiger partial charge in [0.25, 0.3) is 0 Å². The first-order valence-corrected chi connectivity index (χ1v) is 10.8. The minimum absolute atomic E-state index is 0. The summed E-state index contributed by atoms with van der Waals surface area (Å²) >= 11 is 5.91. The van der Waals surface area contributed by atoms with Crippen molar-refractivity contribution in [2.75, 3.05) is 6.54 Å². The molecule has 3 rings (SSSR count). The number of ether oxygens (including phenoxy) is 1. The maximum Gasteiger partial charge on any atom is 1.00 e. The summed E-state index contributed by atoms with van der Waals surface area (Å²) in [6.07, 6.45) is 0.467. The van der Waals surface area contributed by atoms with Crippen molar-refractivity contribution in [1.82, 2.24) is 10.2 Å². The molecule has 6 nitrogen and oxygen atoms in total. The van der Waals surface area contributed by atoms with E-state index in [1.54, 1.807) is 29.2 Å². The van der Waals surface area contributed by atoms with Crippen LogP contribution in [-0.2, 0) is 28.9 Å². The molecule has 2 atom stereocenters. The van der Waals surface area contributed by atoms with Crippen molar-refractivity contribution in [3.8, 4) is 0 Å². The van der Waals surface area contributed by atoms with E-state index in [9.17, 15) is 14.7 Å². The van der Waals surface area contributed by atoms with Crippen molar-refractivity contribution in [3.05, 3.63) is 70.2 Å². The van der Waals surface area contributed by atoms with E-state index in [1.165, 1.54) is 0 Å². The monoisotopic (exact) mass is 450 g/mol. The summed E-state index contributed by atoms with van der Waals surface area (Å²) in [6, 6.07) is 13.9. The van der Waals surface area contributed by atoms with E-state index in [4.69, 9.17) is 16.3 Å².